The van der Waals surface area contributed by atoms with Gasteiger partial charge < -0.3 is 4.18 Å². The molecule has 0 aliphatic carbocycles. The molecule has 0 radical (unpaired) electrons. The lowest BCUT2D eigenvalue weighted by Crippen LogP contribution is -2.11. The summed E-state index contributed by atoms with van der Waals surface area (Å²) in [6, 6.07) is 5.80. The third kappa shape index (κ3) is 3.95. The molecule has 24 heavy (non-hydrogen) atoms. The molecule has 128 valence electrons. The van der Waals surface area contributed by atoms with Gasteiger partial charge in [0.1, 0.15) is 15.7 Å². The molecule has 0 amide bonds. The summed E-state index contributed by atoms with van der Waals surface area (Å²) in [5.41, 5.74) is -1.78. The molecule has 0 heterocycles. The molecule has 2 rings (SSSR count). The molecule has 0 aliphatic rings. The van der Waals surface area contributed by atoms with Crippen LogP contribution in [-0.4, -0.2) is 13.3 Å². The van der Waals surface area contributed by atoms with Gasteiger partial charge in [-0.15, -0.1) is 0 Å². The molecule has 0 saturated carbocycles. The predicted molar refractivity (Wildman–Crippen MR) is 77.4 cm³/mol. The van der Waals surface area contributed by atoms with Crippen molar-refractivity contribution in [3.63, 3.8) is 0 Å². The summed E-state index contributed by atoms with van der Waals surface area (Å²) in [7, 11) is -4.58. The van der Waals surface area contributed by atoms with Crippen LogP contribution >= 0.6 is 11.6 Å². The average molecular weight is 382 g/mol. The van der Waals surface area contributed by atoms with Crippen molar-refractivity contribution < 1.29 is 30.7 Å². The number of halogens is 4. The maximum atomic E-state index is 12.6. The van der Waals surface area contributed by atoms with Gasteiger partial charge >= 0.3 is 16.3 Å². The maximum Gasteiger partial charge on any atom is 0.416 e. The van der Waals surface area contributed by atoms with Gasteiger partial charge in [0.2, 0.25) is 0 Å². The molecule has 0 unspecified atom stereocenters. The van der Waals surface area contributed by atoms with Gasteiger partial charge in [0.15, 0.2) is 0 Å². The van der Waals surface area contributed by atoms with E-state index < -0.39 is 43.1 Å². The molecule has 0 aliphatic heterocycles. The van der Waals surface area contributed by atoms with E-state index in [0.717, 1.165) is 30.3 Å². The Balaban J connectivity index is 2.39. The number of nitro benzene ring substituents is 1. The largest absolute Gasteiger partial charge is 0.416 e. The van der Waals surface area contributed by atoms with Crippen molar-refractivity contribution in [1.29, 1.82) is 0 Å². The van der Waals surface area contributed by atoms with Crippen LogP contribution in [0.1, 0.15) is 5.56 Å². The third-order valence-corrected chi connectivity index (χ3v) is 4.33. The van der Waals surface area contributed by atoms with E-state index >= 15 is 0 Å². The molecule has 0 bridgehead atoms. The summed E-state index contributed by atoms with van der Waals surface area (Å²) in [5, 5.41) is 10.5. The van der Waals surface area contributed by atoms with Crippen LogP contribution < -0.4 is 4.18 Å². The molecular weight excluding hydrogens is 375 g/mol. The second kappa shape index (κ2) is 6.29. The lowest BCUT2D eigenvalue weighted by Gasteiger charge is -2.10. The lowest BCUT2D eigenvalue weighted by molar-refractivity contribution is -0.384. The van der Waals surface area contributed by atoms with E-state index in [1.807, 2.05) is 0 Å². The van der Waals surface area contributed by atoms with Crippen molar-refractivity contribution in [2.45, 2.75) is 11.1 Å². The van der Waals surface area contributed by atoms with Crippen molar-refractivity contribution in [3.05, 3.63) is 63.2 Å². The fourth-order valence-corrected chi connectivity index (χ4v) is 2.82. The Morgan fingerprint density at radius 3 is 2.38 bits per heavy atom. The number of hydrogen-bond acceptors (Lipinski definition) is 5. The maximum absolute atomic E-state index is 12.6. The topological polar surface area (TPSA) is 86.5 Å². The van der Waals surface area contributed by atoms with Crippen molar-refractivity contribution in [2.75, 3.05) is 0 Å². The third-order valence-electron chi connectivity index (χ3n) is 2.77. The fourth-order valence-electron chi connectivity index (χ4n) is 1.69. The molecule has 0 fully saturated rings. The zero-order valence-corrected chi connectivity index (χ0v) is 13.0. The SMILES string of the molecule is O=[N+]([O-])c1cc(S(=O)(=O)Oc2cccc(C(F)(F)F)c2)ccc1Cl. The Morgan fingerprint density at radius 2 is 1.79 bits per heavy atom. The molecule has 2 aromatic carbocycles. The van der Waals surface area contributed by atoms with Gasteiger partial charge in [0.25, 0.3) is 5.69 Å². The van der Waals surface area contributed by atoms with Gasteiger partial charge in [-0.1, -0.05) is 17.7 Å². The molecule has 0 aromatic heterocycles. The highest BCUT2D eigenvalue weighted by Gasteiger charge is 2.31. The Hall–Kier alpha value is -2.33. The molecule has 0 atom stereocenters. The quantitative estimate of drug-likeness (QED) is 0.453. The molecular formula is C13H7ClF3NO5S. The van der Waals surface area contributed by atoms with Crippen molar-refractivity contribution in [3.8, 4) is 5.75 Å². The monoisotopic (exact) mass is 381 g/mol. The molecule has 0 saturated heterocycles. The van der Waals surface area contributed by atoms with Crippen LogP contribution in [0, 0.1) is 10.1 Å². The Bertz CT molecular complexity index is 899. The van der Waals surface area contributed by atoms with E-state index in [-0.39, 0.29) is 5.02 Å². The van der Waals surface area contributed by atoms with E-state index in [1.54, 1.807) is 0 Å². The second-order valence-electron chi connectivity index (χ2n) is 4.43. The molecule has 6 nitrogen and oxygen atoms in total. The number of alkyl halides is 3. The zero-order chi connectivity index (χ0) is 18.1. The summed E-state index contributed by atoms with van der Waals surface area (Å²) in [6.07, 6.45) is -4.68. The van der Waals surface area contributed by atoms with E-state index in [2.05, 4.69) is 4.18 Å². The van der Waals surface area contributed by atoms with Crippen LogP contribution in [0.4, 0.5) is 18.9 Å². The van der Waals surface area contributed by atoms with Crippen LogP contribution in [0.2, 0.25) is 5.02 Å². The summed E-state index contributed by atoms with van der Waals surface area (Å²) in [6.45, 7) is 0. The molecule has 0 spiro atoms. The Kier molecular flexibility index (Phi) is 4.72. The number of nitro groups is 1. The number of rotatable bonds is 4. The average Bonchev–Trinajstić information content (AvgIpc) is 2.46. The predicted octanol–water partition coefficient (Wildman–Crippen LogP) is 4.03. The number of benzene rings is 2. The molecule has 0 N–H and O–H groups in total. The van der Waals surface area contributed by atoms with Gasteiger partial charge in [-0.05, 0) is 30.3 Å². The van der Waals surface area contributed by atoms with E-state index in [9.17, 15) is 31.7 Å². The van der Waals surface area contributed by atoms with Gasteiger partial charge in [0, 0.05) is 6.07 Å². The zero-order valence-electron chi connectivity index (χ0n) is 11.5. The highest BCUT2D eigenvalue weighted by molar-refractivity contribution is 7.87. The summed E-state index contributed by atoms with van der Waals surface area (Å²) >= 11 is 5.57. The Labute approximate surface area is 138 Å². The van der Waals surface area contributed by atoms with Gasteiger partial charge in [-0.2, -0.15) is 21.6 Å². The first-order chi connectivity index (χ1) is 11.0. The fraction of sp³-hybridized carbons (Fsp3) is 0.0769. The van der Waals surface area contributed by atoms with Crippen LogP contribution in [0.3, 0.4) is 0 Å². The van der Waals surface area contributed by atoms with E-state index in [1.165, 1.54) is 0 Å². The lowest BCUT2D eigenvalue weighted by atomic mass is 10.2. The first kappa shape index (κ1) is 18.0. The summed E-state index contributed by atoms with van der Waals surface area (Å²) in [4.78, 5) is 9.26. The summed E-state index contributed by atoms with van der Waals surface area (Å²) < 4.78 is 66.6. The van der Waals surface area contributed by atoms with Gasteiger partial charge in [-0.3, -0.25) is 10.1 Å². The standard InChI is InChI=1S/C13H7ClF3NO5S/c14-11-5-4-10(7-12(11)18(19)20)24(21,22)23-9-3-1-2-8(6-9)13(15,16)17/h1-7H. The van der Waals surface area contributed by atoms with Crippen molar-refractivity contribution in [2.24, 2.45) is 0 Å². The van der Waals surface area contributed by atoms with Crippen LogP contribution in [0.25, 0.3) is 0 Å². The van der Waals surface area contributed by atoms with Crippen molar-refractivity contribution in [1.82, 2.24) is 0 Å². The number of nitrogens with zero attached hydrogens (tertiary/aromatic N) is 1. The van der Waals surface area contributed by atoms with Crippen LogP contribution in [0.5, 0.6) is 5.75 Å². The molecule has 2 aromatic rings. The highest BCUT2D eigenvalue weighted by atomic mass is 35.5. The highest BCUT2D eigenvalue weighted by Crippen LogP contribution is 2.33. The minimum Gasteiger partial charge on any atom is -0.379 e. The second-order valence-corrected chi connectivity index (χ2v) is 6.39. The normalized spacial score (nSPS) is 12.0. The van der Waals surface area contributed by atoms with Crippen molar-refractivity contribution >= 4 is 27.4 Å². The van der Waals surface area contributed by atoms with Gasteiger partial charge in [-0.25, -0.2) is 0 Å². The van der Waals surface area contributed by atoms with Crippen LogP contribution in [-0.2, 0) is 16.3 Å². The summed E-state index contributed by atoms with van der Waals surface area (Å²) in [5.74, 6) is -0.581. The van der Waals surface area contributed by atoms with E-state index in [0.29, 0.717) is 12.1 Å². The smallest absolute Gasteiger partial charge is 0.379 e. The number of hydrogen-bond donors (Lipinski definition) is 0. The van der Waals surface area contributed by atoms with E-state index in [4.69, 9.17) is 11.6 Å². The minimum atomic E-state index is -4.68. The molecule has 11 heteroatoms. The van der Waals surface area contributed by atoms with Crippen LogP contribution in [0.15, 0.2) is 47.4 Å². The van der Waals surface area contributed by atoms with Gasteiger partial charge in [0.05, 0.1) is 10.5 Å². The minimum absolute atomic E-state index is 0.294. The first-order valence-corrected chi connectivity index (χ1v) is 7.85. The first-order valence-electron chi connectivity index (χ1n) is 6.06. The Morgan fingerprint density at radius 1 is 1.12 bits per heavy atom.